The third-order valence-corrected chi connectivity index (χ3v) is 6.97. The van der Waals surface area contributed by atoms with Crippen molar-refractivity contribution in [2.45, 2.75) is 31.1 Å². The molecule has 0 N–H and O–H groups in total. The molecule has 2 fully saturated rings. The topological polar surface area (TPSA) is 63.6 Å². The van der Waals surface area contributed by atoms with E-state index in [1.54, 1.807) is 12.1 Å². The number of ether oxygens (including phenoxy) is 3. The van der Waals surface area contributed by atoms with Crippen molar-refractivity contribution in [1.82, 2.24) is 9.91 Å². The number of carbonyl (C=O) groups excluding carboxylic acids is 1. The number of halogens is 1. The molecule has 2 aromatic rings. The minimum absolute atomic E-state index is 0.0443. The van der Waals surface area contributed by atoms with Gasteiger partial charge >= 0.3 is 0 Å². The highest BCUT2D eigenvalue weighted by atomic mass is 35.5. The molecule has 7 nitrogen and oxygen atoms in total. The number of nitrogens with zero attached hydrogens (tertiary/aromatic N) is 3. The second kappa shape index (κ2) is 9.43. The lowest BCUT2D eigenvalue weighted by atomic mass is 9.97. The van der Waals surface area contributed by atoms with E-state index in [4.69, 9.17) is 30.9 Å². The monoisotopic (exact) mass is 469 g/mol. The molecule has 0 aromatic heterocycles. The van der Waals surface area contributed by atoms with E-state index in [-0.39, 0.29) is 11.9 Å². The maximum Gasteiger partial charge on any atom is 0.257 e. The Hall–Kier alpha value is -2.45. The van der Waals surface area contributed by atoms with Crippen molar-refractivity contribution < 1.29 is 19.0 Å². The van der Waals surface area contributed by atoms with Crippen LogP contribution in [-0.2, 0) is 14.3 Å². The van der Waals surface area contributed by atoms with Gasteiger partial charge in [-0.1, -0.05) is 48.0 Å². The van der Waals surface area contributed by atoms with Gasteiger partial charge in [0.15, 0.2) is 5.79 Å². The first kappa shape index (κ1) is 22.3. The summed E-state index contributed by atoms with van der Waals surface area (Å²) in [5.74, 6) is 0.242. The summed E-state index contributed by atoms with van der Waals surface area (Å²) in [6.07, 6.45) is 2.11. The van der Waals surface area contributed by atoms with Crippen LogP contribution in [0.1, 0.15) is 36.4 Å². The quantitative estimate of drug-likeness (QED) is 0.665. The number of para-hydroxylation sites is 1. The molecule has 1 atom stereocenters. The largest absolute Gasteiger partial charge is 0.496 e. The average molecular weight is 470 g/mol. The molecule has 3 heterocycles. The molecule has 3 aliphatic rings. The number of amides is 1. The maximum atomic E-state index is 13.5. The van der Waals surface area contributed by atoms with Gasteiger partial charge in [0.1, 0.15) is 5.75 Å². The second-order valence-electron chi connectivity index (χ2n) is 8.61. The van der Waals surface area contributed by atoms with Crippen molar-refractivity contribution in [3.05, 3.63) is 64.7 Å². The van der Waals surface area contributed by atoms with Crippen molar-refractivity contribution in [2.75, 3.05) is 40.0 Å². The summed E-state index contributed by atoms with van der Waals surface area (Å²) in [6.45, 7) is 3.08. The van der Waals surface area contributed by atoms with Gasteiger partial charge in [-0.25, -0.2) is 5.01 Å². The molecule has 2 saturated heterocycles. The van der Waals surface area contributed by atoms with E-state index in [0.717, 1.165) is 48.5 Å². The lowest BCUT2D eigenvalue weighted by Gasteiger charge is -2.37. The number of benzene rings is 2. The number of hydrogen-bond donors (Lipinski definition) is 0. The van der Waals surface area contributed by atoms with Crippen molar-refractivity contribution in [2.24, 2.45) is 5.10 Å². The maximum absolute atomic E-state index is 13.5. The number of likely N-dealkylation sites (tertiary alicyclic amines) is 1. The molecule has 1 amide bonds. The first-order valence-corrected chi connectivity index (χ1v) is 11.7. The van der Waals surface area contributed by atoms with Crippen LogP contribution in [-0.4, -0.2) is 67.3 Å². The molecule has 1 spiro atoms. The number of hydrogen-bond acceptors (Lipinski definition) is 6. The summed E-state index contributed by atoms with van der Waals surface area (Å²) in [4.78, 5) is 15.7. The smallest absolute Gasteiger partial charge is 0.257 e. The van der Waals surface area contributed by atoms with Crippen LogP contribution < -0.4 is 4.74 Å². The highest BCUT2D eigenvalue weighted by Gasteiger charge is 2.41. The van der Waals surface area contributed by atoms with E-state index in [2.05, 4.69) is 4.90 Å². The van der Waals surface area contributed by atoms with E-state index >= 15 is 0 Å². The van der Waals surface area contributed by atoms with Crippen molar-refractivity contribution in [3.63, 3.8) is 0 Å². The fourth-order valence-corrected chi connectivity index (χ4v) is 5.13. The first-order chi connectivity index (χ1) is 16.1. The highest BCUT2D eigenvalue weighted by Crippen LogP contribution is 2.38. The van der Waals surface area contributed by atoms with Crippen LogP contribution in [0.15, 0.2) is 53.6 Å². The average Bonchev–Trinajstić information content (AvgIpc) is 3.49. The van der Waals surface area contributed by atoms with Gasteiger partial charge < -0.3 is 14.2 Å². The zero-order chi connectivity index (χ0) is 22.8. The molecular weight excluding hydrogens is 442 g/mol. The highest BCUT2D eigenvalue weighted by molar-refractivity contribution is 6.34. The normalized spacial score (nSPS) is 22.5. The van der Waals surface area contributed by atoms with E-state index in [0.29, 0.717) is 31.2 Å². The van der Waals surface area contributed by atoms with Crippen LogP contribution in [0, 0.1) is 0 Å². The van der Waals surface area contributed by atoms with Crippen LogP contribution in [0.25, 0.3) is 0 Å². The standard InChI is InChI=1S/C25H28ClN3O4/c1-31-23-9-5-3-7-19(23)22-16-21(18-6-2-4-8-20(18)26)27-29(22)24(30)17-28-12-10-25(11-13-28)32-14-15-33-25/h2-9,22H,10-17H2,1H3. The second-order valence-corrected chi connectivity index (χ2v) is 9.02. The number of piperidine rings is 1. The van der Waals surface area contributed by atoms with Gasteiger partial charge in [-0.05, 0) is 12.1 Å². The molecule has 0 radical (unpaired) electrons. The third-order valence-electron chi connectivity index (χ3n) is 6.64. The van der Waals surface area contributed by atoms with Crippen LogP contribution >= 0.6 is 11.6 Å². The van der Waals surface area contributed by atoms with Gasteiger partial charge in [0.2, 0.25) is 0 Å². The lowest BCUT2D eigenvalue weighted by Crippen LogP contribution is -2.48. The first-order valence-electron chi connectivity index (χ1n) is 11.4. The molecule has 1 unspecified atom stereocenters. The Morgan fingerprint density at radius 3 is 2.55 bits per heavy atom. The van der Waals surface area contributed by atoms with Gasteiger partial charge in [-0.2, -0.15) is 5.10 Å². The Morgan fingerprint density at radius 2 is 1.82 bits per heavy atom. The van der Waals surface area contributed by atoms with E-state index < -0.39 is 5.79 Å². The molecule has 3 aliphatic heterocycles. The Kier molecular flexibility index (Phi) is 6.38. The van der Waals surface area contributed by atoms with Crippen LogP contribution in [0.2, 0.25) is 5.02 Å². The number of carbonyl (C=O) groups is 1. The molecule has 8 heteroatoms. The summed E-state index contributed by atoms with van der Waals surface area (Å²) in [5, 5.41) is 7.01. The molecule has 2 aromatic carbocycles. The van der Waals surface area contributed by atoms with E-state index in [1.807, 2.05) is 48.5 Å². The van der Waals surface area contributed by atoms with Crippen LogP contribution in [0.5, 0.6) is 5.75 Å². The zero-order valence-electron chi connectivity index (χ0n) is 18.7. The van der Waals surface area contributed by atoms with Gasteiger partial charge in [-0.3, -0.25) is 9.69 Å². The predicted molar refractivity (Wildman–Crippen MR) is 125 cm³/mol. The Morgan fingerprint density at radius 1 is 1.12 bits per heavy atom. The minimum atomic E-state index is -0.456. The molecule has 33 heavy (non-hydrogen) atoms. The zero-order valence-corrected chi connectivity index (χ0v) is 19.5. The van der Waals surface area contributed by atoms with Crippen LogP contribution in [0.4, 0.5) is 0 Å². The molecule has 0 saturated carbocycles. The SMILES string of the molecule is COc1ccccc1C1CC(c2ccccc2Cl)=NN1C(=O)CN1CCC2(CC1)OCCO2. The van der Waals surface area contributed by atoms with Crippen molar-refractivity contribution in [3.8, 4) is 5.75 Å². The fourth-order valence-electron chi connectivity index (χ4n) is 4.88. The molecule has 0 bridgehead atoms. The van der Waals surface area contributed by atoms with Gasteiger partial charge in [0, 0.05) is 48.5 Å². The lowest BCUT2D eigenvalue weighted by molar-refractivity contribution is -0.186. The van der Waals surface area contributed by atoms with Crippen molar-refractivity contribution >= 4 is 23.2 Å². The van der Waals surface area contributed by atoms with E-state index in [1.165, 1.54) is 0 Å². The Bertz CT molecular complexity index is 1040. The summed E-state index contributed by atoms with van der Waals surface area (Å²) in [7, 11) is 1.65. The van der Waals surface area contributed by atoms with Gasteiger partial charge in [0.05, 0.1) is 38.6 Å². The predicted octanol–water partition coefficient (Wildman–Crippen LogP) is 3.87. The summed E-state index contributed by atoms with van der Waals surface area (Å²) in [6, 6.07) is 15.2. The van der Waals surface area contributed by atoms with Gasteiger partial charge in [0.25, 0.3) is 5.91 Å². The Balaban J connectivity index is 1.38. The molecule has 0 aliphatic carbocycles. The summed E-state index contributed by atoms with van der Waals surface area (Å²) >= 11 is 6.46. The Labute approximate surface area is 198 Å². The number of methoxy groups -OCH3 is 1. The van der Waals surface area contributed by atoms with Crippen LogP contribution in [0.3, 0.4) is 0 Å². The van der Waals surface area contributed by atoms with E-state index in [9.17, 15) is 4.79 Å². The molecular formula is C25H28ClN3O4. The molecule has 5 rings (SSSR count). The molecule has 174 valence electrons. The summed E-state index contributed by atoms with van der Waals surface area (Å²) < 4.78 is 17.2. The number of rotatable bonds is 5. The minimum Gasteiger partial charge on any atom is -0.496 e. The fraction of sp³-hybridized carbons (Fsp3) is 0.440. The van der Waals surface area contributed by atoms with Gasteiger partial charge in [-0.15, -0.1) is 0 Å². The number of hydrazone groups is 1. The third kappa shape index (κ3) is 4.51. The van der Waals surface area contributed by atoms with Crippen molar-refractivity contribution in [1.29, 1.82) is 0 Å². The summed E-state index contributed by atoms with van der Waals surface area (Å²) in [5.41, 5.74) is 2.59.